The van der Waals surface area contributed by atoms with Gasteiger partial charge in [0.05, 0.1) is 40.5 Å². The molecular formula is C33H32N6O3. The molecule has 9 heteroatoms. The van der Waals surface area contributed by atoms with E-state index in [-0.39, 0.29) is 29.6 Å². The molecule has 4 heterocycles. The van der Waals surface area contributed by atoms with Crippen molar-refractivity contribution in [1.29, 1.82) is 0 Å². The van der Waals surface area contributed by atoms with Crippen molar-refractivity contribution in [2.24, 2.45) is 5.92 Å². The van der Waals surface area contributed by atoms with Gasteiger partial charge in [-0.05, 0) is 70.9 Å². The lowest BCUT2D eigenvalue weighted by Gasteiger charge is -2.29. The molecular weight excluding hydrogens is 528 g/mol. The van der Waals surface area contributed by atoms with Crippen molar-refractivity contribution in [1.82, 2.24) is 29.5 Å². The Balaban J connectivity index is 1.43. The molecule has 0 saturated carbocycles. The number of para-hydroxylation sites is 1. The summed E-state index contributed by atoms with van der Waals surface area (Å²) < 4.78 is 9.01. The van der Waals surface area contributed by atoms with Crippen LogP contribution in [0.3, 0.4) is 0 Å². The highest BCUT2D eigenvalue weighted by Crippen LogP contribution is 2.25. The molecule has 1 amide bonds. The van der Waals surface area contributed by atoms with Crippen molar-refractivity contribution in [2.45, 2.75) is 58.8 Å². The van der Waals surface area contributed by atoms with Gasteiger partial charge in [-0.15, -0.1) is 0 Å². The van der Waals surface area contributed by atoms with E-state index in [2.05, 4.69) is 41.1 Å². The van der Waals surface area contributed by atoms with Crippen LogP contribution in [0.5, 0.6) is 0 Å². The molecule has 1 N–H and O–H groups in total. The lowest BCUT2D eigenvalue weighted by atomic mass is 9.93. The van der Waals surface area contributed by atoms with Gasteiger partial charge < -0.3 is 10.1 Å². The molecule has 1 fully saturated rings. The first-order valence-corrected chi connectivity index (χ1v) is 14.2. The SMILES string of the molecule is Cc1nn2cccnc2c1C(=O)N[C@H](C)c1nc2cccc(C#CC3CC(C)OC(C)C3)c2c(=O)n1-c1ccccc1. The smallest absolute Gasteiger partial charge is 0.267 e. The van der Waals surface area contributed by atoms with Crippen molar-refractivity contribution >= 4 is 22.5 Å². The van der Waals surface area contributed by atoms with E-state index in [1.54, 1.807) is 34.5 Å². The first kappa shape index (κ1) is 27.4. The van der Waals surface area contributed by atoms with Crippen molar-refractivity contribution in [3.8, 4) is 17.5 Å². The molecule has 9 nitrogen and oxygen atoms in total. The fraction of sp³-hybridized carbons (Fsp3) is 0.303. The predicted octanol–water partition coefficient (Wildman–Crippen LogP) is 4.78. The zero-order valence-electron chi connectivity index (χ0n) is 24.0. The van der Waals surface area contributed by atoms with Crippen LogP contribution in [-0.4, -0.2) is 42.3 Å². The number of nitrogens with one attached hydrogen (secondary N) is 1. The molecule has 1 aliphatic rings. The van der Waals surface area contributed by atoms with Crippen LogP contribution in [0.2, 0.25) is 0 Å². The molecule has 3 atom stereocenters. The van der Waals surface area contributed by atoms with Crippen molar-refractivity contribution in [3.05, 3.63) is 100.0 Å². The number of benzene rings is 2. The van der Waals surface area contributed by atoms with Gasteiger partial charge in [0, 0.05) is 23.9 Å². The number of rotatable bonds is 4. The Hall–Kier alpha value is -4.81. The zero-order chi connectivity index (χ0) is 29.4. The number of nitrogens with zero attached hydrogens (tertiary/aromatic N) is 5. The highest BCUT2D eigenvalue weighted by molar-refractivity contribution is 6.01. The Kier molecular flexibility index (Phi) is 7.31. The van der Waals surface area contributed by atoms with Gasteiger partial charge in [-0.2, -0.15) is 5.10 Å². The number of carbonyl (C=O) groups excluding carboxylic acids is 1. The van der Waals surface area contributed by atoms with E-state index in [9.17, 15) is 9.59 Å². The Bertz CT molecular complexity index is 1910. The molecule has 6 rings (SSSR count). The summed E-state index contributed by atoms with van der Waals surface area (Å²) in [5.41, 5.74) is 2.97. The molecule has 5 aromatic rings. The quantitative estimate of drug-likeness (QED) is 0.317. The van der Waals surface area contributed by atoms with Crippen molar-refractivity contribution < 1.29 is 9.53 Å². The summed E-state index contributed by atoms with van der Waals surface area (Å²) in [6.45, 7) is 7.72. The van der Waals surface area contributed by atoms with Gasteiger partial charge in [0.1, 0.15) is 11.4 Å². The van der Waals surface area contributed by atoms with Crippen LogP contribution in [0.4, 0.5) is 0 Å². The van der Waals surface area contributed by atoms with Gasteiger partial charge in [0.15, 0.2) is 5.65 Å². The second kappa shape index (κ2) is 11.2. The highest BCUT2D eigenvalue weighted by Gasteiger charge is 2.25. The number of amides is 1. The number of aromatic nitrogens is 5. The van der Waals surface area contributed by atoms with Gasteiger partial charge in [-0.1, -0.05) is 36.1 Å². The minimum Gasteiger partial charge on any atom is -0.375 e. The van der Waals surface area contributed by atoms with Crippen LogP contribution in [0.1, 0.15) is 67.1 Å². The third-order valence-corrected chi connectivity index (χ3v) is 7.58. The number of hydrogen-bond donors (Lipinski definition) is 1. The van der Waals surface area contributed by atoms with Gasteiger partial charge in [-0.3, -0.25) is 14.2 Å². The molecule has 2 unspecified atom stereocenters. The second-order valence-corrected chi connectivity index (χ2v) is 10.9. The highest BCUT2D eigenvalue weighted by atomic mass is 16.5. The maximum atomic E-state index is 14.3. The first-order valence-electron chi connectivity index (χ1n) is 14.2. The maximum absolute atomic E-state index is 14.3. The third-order valence-electron chi connectivity index (χ3n) is 7.58. The number of ether oxygens (including phenoxy) is 1. The summed E-state index contributed by atoms with van der Waals surface area (Å²) in [6, 6.07) is 16.0. The maximum Gasteiger partial charge on any atom is 0.267 e. The molecule has 0 spiro atoms. The van der Waals surface area contributed by atoms with Crippen LogP contribution in [-0.2, 0) is 4.74 Å². The molecule has 0 radical (unpaired) electrons. The summed E-state index contributed by atoms with van der Waals surface area (Å²) in [4.78, 5) is 37.1. The normalized spacial score (nSPS) is 19.3. The minimum absolute atomic E-state index is 0.150. The molecule has 42 heavy (non-hydrogen) atoms. The summed E-state index contributed by atoms with van der Waals surface area (Å²) in [7, 11) is 0. The molecule has 1 saturated heterocycles. The lowest BCUT2D eigenvalue weighted by Crippen LogP contribution is -2.33. The van der Waals surface area contributed by atoms with Crippen LogP contribution in [0.15, 0.2) is 71.8 Å². The topological polar surface area (TPSA) is 103 Å². The lowest BCUT2D eigenvalue weighted by molar-refractivity contribution is -0.0419. The average molecular weight is 561 g/mol. The van der Waals surface area contributed by atoms with Crippen molar-refractivity contribution in [2.75, 3.05) is 0 Å². The number of hydrogen-bond acceptors (Lipinski definition) is 6. The van der Waals surface area contributed by atoms with Gasteiger partial charge in [0.2, 0.25) is 0 Å². The van der Waals surface area contributed by atoms with E-state index in [1.165, 1.54) is 0 Å². The molecule has 2 aromatic carbocycles. The summed E-state index contributed by atoms with van der Waals surface area (Å²) >= 11 is 0. The van der Waals surface area contributed by atoms with Gasteiger partial charge >= 0.3 is 0 Å². The van der Waals surface area contributed by atoms with Crippen molar-refractivity contribution in [3.63, 3.8) is 0 Å². The Morgan fingerprint density at radius 1 is 1.07 bits per heavy atom. The van der Waals surface area contributed by atoms with Crippen LogP contribution in [0.25, 0.3) is 22.2 Å². The minimum atomic E-state index is -0.618. The van der Waals surface area contributed by atoms with E-state index in [1.807, 2.05) is 55.5 Å². The second-order valence-electron chi connectivity index (χ2n) is 10.9. The number of aryl methyl sites for hydroxylation is 1. The Morgan fingerprint density at radius 2 is 1.83 bits per heavy atom. The van der Waals surface area contributed by atoms with Gasteiger partial charge in [0.25, 0.3) is 11.5 Å². The molecule has 1 aliphatic heterocycles. The molecule has 3 aromatic heterocycles. The van der Waals surface area contributed by atoms with E-state index in [0.717, 1.165) is 12.8 Å². The van der Waals surface area contributed by atoms with E-state index in [4.69, 9.17) is 9.72 Å². The monoisotopic (exact) mass is 560 g/mol. The Labute approximate surface area is 243 Å². The third kappa shape index (κ3) is 5.17. The summed E-state index contributed by atoms with van der Waals surface area (Å²) in [5, 5.41) is 7.89. The molecule has 0 bridgehead atoms. The van der Waals surface area contributed by atoms with Crippen LogP contribution < -0.4 is 10.9 Å². The zero-order valence-corrected chi connectivity index (χ0v) is 24.0. The Morgan fingerprint density at radius 3 is 2.60 bits per heavy atom. The first-order chi connectivity index (χ1) is 20.3. The molecule has 0 aliphatic carbocycles. The van der Waals surface area contributed by atoms with E-state index >= 15 is 0 Å². The number of carbonyl (C=O) groups is 1. The largest absolute Gasteiger partial charge is 0.375 e. The average Bonchev–Trinajstić information content (AvgIpc) is 3.31. The standard InChI is InChI=1S/C33H32N6O3/c1-20-18-24(19-21(2)42-20)14-15-25-10-8-13-27-29(25)33(41)39(26-11-6-5-7-12-26)30(36-27)23(4)35-32(40)28-22(3)37-38-17-9-16-34-31(28)38/h5-13,16-17,20-21,23-24H,18-19H2,1-4H3,(H,35,40)/t20?,21?,23-,24?/m1/s1. The van der Waals surface area contributed by atoms with E-state index in [0.29, 0.717) is 44.9 Å². The number of fused-ring (bicyclic) bond motifs is 2. The summed E-state index contributed by atoms with van der Waals surface area (Å²) in [6.07, 6.45) is 5.39. The van der Waals surface area contributed by atoms with Crippen LogP contribution >= 0.6 is 0 Å². The van der Waals surface area contributed by atoms with Gasteiger partial charge in [-0.25, -0.2) is 14.5 Å². The predicted molar refractivity (Wildman–Crippen MR) is 161 cm³/mol. The fourth-order valence-electron chi connectivity index (χ4n) is 5.77. The van der Waals surface area contributed by atoms with E-state index < -0.39 is 6.04 Å². The molecule has 212 valence electrons. The fourth-order valence-corrected chi connectivity index (χ4v) is 5.77. The summed E-state index contributed by atoms with van der Waals surface area (Å²) in [5.74, 6) is 6.95. The van der Waals surface area contributed by atoms with Crippen LogP contribution in [0, 0.1) is 24.7 Å².